The van der Waals surface area contributed by atoms with E-state index in [-0.39, 0.29) is 6.61 Å². The normalized spacial score (nSPS) is 37.9. The smallest absolute Gasteiger partial charge is 0.184 e. The molecule has 0 unspecified atom stereocenters. The second-order valence-electron chi connectivity index (χ2n) is 5.14. The zero-order valence-electron chi connectivity index (χ0n) is 12.0. The number of benzene rings is 1. The predicted molar refractivity (Wildman–Crippen MR) is 74.6 cm³/mol. The van der Waals surface area contributed by atoms with Crippen LogP contribution in [-0.4, -0.2) is 49.5 Å². The number of hydrogen-bond donors (Lipinski definition) is 1. The van der Waals surface area contributed by atoms with Crippen LogP contribution in [0.4, 0.5) is 0 Å². The number of aliphatic hydroxyl groups excluding tert-OH is 1. The van der Waals surface area contributed by atoms with Crippen molar-refractivity contribution >= 4 is 0 Å². The van der Waals surface area contributed by atoms with Crippen molar-refractivity contribution in [2.24, 2.45) is 5.11 Å². The van der Waals surface area contributed by atoms with Gasteiger partial charge in [0, 0.05) is 17.6 Å². The van der Waals surface area contributed by atoms with Crippen molar-refractivity contribution in [3.8, 4) is 0 Å². The number of fused-ring (bicyclic) bond motifs is 1. The van der Waals surface area contributed by atoms with Crippen LogP contribution in [0, 0.1) is 0 Å². The van der Waals surface area contributed by atoms with E-state index in [2.05, 4.69) is 10.0 Å². The molecule has 2 fully saturated rings. The Morgan fingerprint density at radius 1 is 1.32 bits per heavy atom. The first kappa shape index (κ1) is 15.2. The Kier molecular flexibility index (Phi) is 4.58. The minimum Gasteiger partial charge on any atom is -0.387 e. The van der Waals surface area contributed by atoms with Crippen molar-refractivity contribution in [2.45, 2.75) is 36.9 Å². The van der Waals surface area contributed by atoms with E-state index in [9.17, 15) is 5.11 Å². The number of azide groups is 1. The minimum absolute atomic E-state index is 0.258. The average molecular weight is 307 g/mol. The molecule has 0 saturated carbocycles. The van der Waals surface area contributed by atoms with Crippen LogP contribution in [0.1, 0.15) is 11.9 Å². The molecule has 0 spiro atoms. The third kappa shape index (κ3) is 2.80. The average Bonchev–Trinajstić information content (AvgIpc) is 2.57. The van der Waals surface area contributed by atoms with Crippen LogP contribution in [0.2, 0.25) is 0 Å². The van der Waals surface area contributed by atoms with Crippen molar-refractivity contribution in [3.63, 3.8) is 0 Å². The van der Waals surface area contributed by atoms with Crippen LogP contribution >= 0.6 is 0 Å². The van der Waals surface area contributed by atoms with Gasteiger partial charge in [0.05, 0.1) is 12.6 Å². The van der Waals surface area contributed by atoms with Gasteiger partial charge in [-0.25, -0.2) is 0 Å². The molecule has 1 N–H and O–H groups in total. The molecule has 0 aliphatic carbocycles. The summed E-state index contributed by atoms with van der Waals surface area (Å²) in [6.07, 6.45) is -3.64. The molecule has 0 bridgehead atoms. The molecule has 2 heterocycles. The maximum Gasteiger partial charge on any atom is 0.184 e. The highest BCUT2D eigenvalue weighted by molar-refractivity contribution is 5.16. The molecule has 1 aromatic carbocycles. The van der Waals surface area contributed by atoms with Crippen LogP contribution in [0.25, 0.3) is 10.4 Å². The van der Waals surface area contributed by atoms with Crippen LogP contribution in [-0.2, 0) is 18.9 Å². The third-order valence-electron chi connectivity index (χ3n) is 3.82. The Morgan fingerprint density at radius 2 is 2.09 bits per heavy atom. The van der Waals surface area contributed by atoms with Crippen LogP contribution in [0.15, 0.2) is 35.4 Å². The first-order valence-corrected chi connectivity index (χ1v) is 6.97. The second kappa shape index (κ2) is 6.62. The van der Waals surface area contributed by atoms with Gasteiger partial charge < -0.3 is 24.1 Å². The summed E-state index contributed by atoms with van der Waals surface area (Å²) in [7, 11) is 1.42. The molecule has 3 rings (SSSR count). The molecule has 6 atom stereocenters. The molecule has 0 aromatic heterocycles. The fourth-order valence-electron chi connectivity index (χ4n) is 2.75. The summed E-state index contributed by atoms with van der Waals surface area (Å²) in [5.41, 5.74) is 9.60. The lowest BCUT2D eigenvalue weighted by Crippen LogP contribution is -2.61. The van der Waals surface area contributed by atoms with Crippen molar-refractivity contribution < 1.29 is 24.1 Å². The fraction of sp³-hybridized carbons (Fsp3) is 0.571. The summed E-state index contributed by atoms with van der Waals surface area (Å²) in [6.45, 7) is 0.258. The Bertz CT molecular complexity index is 551. The van der Waals surface area contributed by atoms with Gasteiger partial charge in [-0.15, -0.1) is 0 Å². The Hall–Kier alpha value is -1.67. The van der Waals surface area contributed by atoms with E-state index in [4.69, 9.17) is 24.5 Å². The molecular formula is C14H17N3O5. The molecule has 8 heteroatoms. The molecule has 2 aliphatic rings. The third-order valence-corrected chi connectivity index (χ3v) is 3.82. The summed E-state index contributed by atoms with van der Waals surface area (Å²) < 4.78 is 22.2. The number of nitrogens with zero attached hydrogens (tertiary/aromatic N) is 3. The lowest BCUT2D eigenvalue weighted by atomic mass is 9.96. The van der Waals surface area contributed by atoms with Gasteiger partial charge in [-0.3, -0.25) is 0 Å². The predicted octanol–water partition coefficient (Wildman–Crippen LogP) is 1.51. The molecule has 2 aliphatic heterocycles. The van der Waals surface area contributed by atoms with E-state index in [1.807, 2.05) is 30.3 Å². The zero-order chi connectivity index (χ0) is 15.5. The van der Waals surface area contributed by atoms with Gasteiger partial charge in [-0.2, -0.15) is 0 Å². The van der Waals surface area contributed by atoms with Crippen molar-refractivity contribution in [2.75, 3.05) is 13.7 Å². The molecule has 1 aromatic rings. The molecule has 118 valence electrons. The van der Waals surface area contributed by atoms with Crippen LogP contribution < -0.4 is 0 Å². The maximum atomic E-state index is 10.2. The van der Waals surface area contributed by atoms with E-state index in [1.165, 1.54) is 7.11 Å². The molecule has 0 radical (unpaired) electrons. The lowest BCUT2D eigenvalue weighted by molar-refractivity contribution is -0.337. The van der Waals surface area contributed by atoms with E-state index in [1.54, 1.807) is 0 Å². The van der Waals surface area contributed by atoms with E-state index in [0.29, 0.717) is 0 Å². The standard InChI is InChI=1S/C14H17N3O5/c1-19-14-11(18)10(16-17-15)12-9(21-14)7-20-13(22-12)8-5-3-2-4-6-8/h2-6,9-14,18H,7H2,1H3/t9-,10-,11+,12-,13-,14-/m0/s1. The van der Waals surface area contributed by atoms with E-state index in [0.717, 1.165) is 5.56 Å². The van der Waals surface area contributed by atoms with Gasteiger partial charge in [0.15, 0.2) is 12.6 Å². The Morgan fingerprint density at radius 3 is 2.77 bits per heavy atom. The van der Waals surface area contributed by atoms with Crippen LogP contribution in [0.3, 0.4) is 0 Å². The first-order valence-electron chi connectivity index (χ1n) is 6.97. The summed E-state index contributed by atoms with van der Waals surface area (Å²) in [5.74, 6) is 0. The number of ether oxygens (including phenoxy) is 4. The molecule has 0 amide bonds. The summed E-state index contributed by atoms with van der Waals surface area (Å²) >= 11 is 0. The maximum absolute atomic E-state index is 10.2. The van der Waals surface area contributed by atoms with Crippen LogP contribution in [0.5, 0.6) is 0 Å². The van der Waals surface area contributed by atoms with Gasteiger partial charge >= 0.3 is 0 Å². The highest BCUT2D eigenvalue weighted by atomic mass is 16.7. The molecule has 2 saturated heterocycles. The van der Waals surface area contributed by atoms with Gasteiger partial charge in [0.1, 0.15) is 18.3 Å². The number of rotatable bonds is 3. The zero-order valence-corrected chi connectivity index (χ0v) is 12.0. The highest BCUT2D eigenvalue weighted by Crippen LogP contribution is 2.35. The van der Waals surface area contributed by atoms with Crippen molar-refractivity contribution in [1.29, 1.82) is 0 Å². The highest BCUT2D eigenvalue weighted by Gasteiger charge is 2.49. The van der Waals surface area contributed by atoms with E-state index >= 15 is 0 Å². The number of aliphatic hydroxyl groups is 1. The summed E-state index contributed by atoms with van der Waals surface area (Å²) in [5, 5.41) is 13.9. The largest absolute Gasteiger partial charge is 0.387 e. The number of methoxy groups -OCH3 is 1. The quantitative estimate of drug-likeness (QED) is 0.517. The second-order valence-corrected chi connectivity index (χ2v) is 5.14. The van der Waals surface area contributed by atoms with Gasteiger partial charge in [-0.05, 0) is 5.53 Å². The summed E-state index contributed by atoms with van der Waals surface area (Å²) in [6, 6.07) is 8.62. The van der Waals surface area contributed by atoms with Gasteiger partial charge in [0.2, 0.25) is 0 Å². The van der Waals surface area contributed by atoms with Gasteiger partial charge in [0.25, 0.3) is 0 Å². The van der Waals surface area contributed by atoms with Crippen molar-refractivity contribution in [3.05, 3.63) is 46.3 Å². The molecule has 8 nitrogen and oxygen atoms in total. The molecular weight excluding hydrogens is 290 g/mol. The number of hydrogen-bond acceptors (Lipinski definition) is 6. The molecule has 22 heavy (non-hydrogen) atoms. The van der Waals surface area contributed by atoms with Gasteiger partial charge in [-0.1, -0.05) is 35.4 Å². The summed E-state index contributed by atoms with van der Waals surface area (Å²) in [4.78, 5) is 2.80. The Balaban J connectivity index is 1.82. The first-order chi connectivity index (χ1) is 10.7. The Labute approximate surface area is 127 Å². The lowest BCUT2D eigenvalue weighted by Gasteiger charge is -2.46. The fourth-order valence-corrected chi connectivity index (χ4v) is 2.75. The SMILES string of the molecule is CO[C@H]1O[C@H]2CO[C@H](c3ccccc3)O[C@@H]2[C@@H](N=[N+]=[N-])[C@H]1O. The minimum atomic E-state index is -1.10. The monoisotopic (exact) mass is 307 g/mol. The topological polar surface area (TPSA) is 106 Å². The van der Waals surface area contributed by atoms with E-state index < -0.39 is 36.9 Å². The van der Waals surface area contributed by atoms with Crippen molar-refractivity contribution in [1.82, 2.24) is 0 Å².